The number of Topliss-reactive ketones (excluding diaryl/α,β-unsaturated/α-hetero) is 1. The van der Waals surface area contributed by atoms with Gasteiger partial charge in [0.15, 0.2) is 5.78 Å². The fraction of sp³-hybridized carbons (Fsp3) is 0.645. The van der Waals surface area contributed by atoms with Crippen molar-refractivity contribution in [2.75, 3.05) is 26.9 Å². The second kappa shape index (κ2) is 13.0. The number of methoxy groups -OCH3 is 1. The molecule has 39 heavy (non-hydrogen) atoms. The van der Waals surface area contributed by atoms with Crippen LogP contribution in [0, 0.1) is 11.8 Å². The highest BCUT2D eigenvalue weighted by Gasteiger charge is 2.46. The van der Waals surface area contributed by atoms with E-state index in [1.54, 1.807) is 24.1 Å². The quantitative estimate of drug-likeness (QED) is 0.256. The Morgan fingerprint density at radius 3 is 2.46 bits per heavy atom. The van der Waals surface area contributed by atoms with E-state index in [0.29, 0.717) is 31.3 Å². The van der Waals surface area contributed by atoms with E-state index in [9.17, 15) is 14.4 Å². The number of ketones is 1. The Balaban J connectivity index is 1.47. The monoisotopic (exact) mass is 541 g/mol. The van der Waals surface area contributed by atoms with Crippen molar-refractivity contribution in [2.45, 2.75) is 90.2 Å². The number of rotatable bonds is 10. The summed E-state index contributed by atoms with van der Waals surface area (Å²) in [4.78, 5) is 41.0. The van der Waals surface area contributed by atoms with Crippen molar-refractivity contribution >= 4 is 28.8 Å². The number of ether oxygens (including phenoxy) is 3. The van der Waals surface area contributed by atoms with Crippen LogP contribution >= 0.6 is 0 Å². The van der Waals surface area contributed by atoms with Gasteiger partial charge in [-0.15, -0.1) is 0 Å². The van der Waals surface area contributed by atoms with Crippen LogP contribution < -0.4 is 0 Å². The van der Waals surface area contributed by atoms with Crippen molar-refractivity contribution < 1.29 is 33.0 Å². The first kappa shape index (κ1) is 29.1. The lowest BCUT2D eigenvalue weighted by Gasteiger charge is -2.34. The van der Waals surface area contributed by atoms with Crippen LogP contribution in [0.15, 0.2) is 28.7 Å². The van der Waals surface area contributed by atoms with Gasteiger partial charge in [-0.1, -0.05) is 38.2 Å². The molecule has 1 amide bonds. The number of benzene rings is 1. The summed E-state index contributed by atoms with van der Waals surface area (Å²) in [5.74, 6) is 0.292. The van der Waals surface area contributed by atoms with Crippen LogP contribution in [-0.4, -0.2) is 61.3 Å². The molecule has 0 bridgehead atoms. The minimum Gasteiger partial charge on any atom is -0.460 e. The third kappa shape index (κ3) is 7.62. The maximum Gasteiger partial charge on any atom is 0.410 e. The Bertz CT molecular complexity index is 1140. The predicted octanol–water partition coefficient (Wildman–Crippen LogP) is 6.33. The van der Waals surface area contributed by atoms with Crippen molar-refractivity contribution in [2.24, 2.45) is 11.8 Å². The molecule has 0 spiro atoms. The number of hydrogen-bond donors (Lipinski definition) is 0. The van der Waals surface area contributed by atoms with Crippen LogP contribution in [0.2, 0.25) is 0 Å². The van der Waals surface area contributed by atoms with Crippen molar-refractivity contribution in [3.63, 3.8) is 0 Å². The molecule has 2 atom stereocenters. The van der Waals surface area contributed by atoms with Crippen LogP contribution in [0.1, 0.15) is 88.3 Å². The predicted molar refractivity (Wildman–Crippen MR) is 148 cm³/mol. The number of amides is 1. The fourth-order valence-electron chi connectivity index (χ4n) is 6.00. The Labute approximate surface area is 231 Å². The number of likely N-dealkylation sites (tertiary alicyclic amines) is 1. The average molecular weight is 542 g/mol. The molecule has 1 saturated heterocycles. The summed E-state index contributed by atoms with van der Waals surface area (Å²) >= 11 is 0. The lowest BCUT2D eigenvalue weighted by molar-refractivity contribution is -0.124. The number of fused-ring (bicyclic) bond motifs is 1. The number of carbonyl (C=O) groups is 3. The molecule has 1 aliphatic carbocycles. The first-order chi connectivity index (χ1) is 18.7. The van der Waals surface area contributed by atoms with Gasteiger partial charge in [-0.25, -0.2) is 9.59 Å². The van der Waals surface area contributed by atoms with E-state index >= 15 is 0 Å². The van der Waals surface area contributed by atoms with Crippen molar-refractivity contribution in [3.05, 3.63) is 35.6 Å². The molecular weight excluding hydrogens is 498 g/mol. The molecule has 2 aliphatic rings. The molecule has 0 unspecified atom stereocenters. The molecule has 8 heteroatoms. The summed E-state index contributed by atoms with van der Waals surface area (Å²) in [6, 6.07) is 6.70. The minimum atomic E-state index is -0.622. The third-order valence-corrected chi connectivity index (χ3v) is 7.79. The van der Waals surface area contributed by atoms with Gasteiger partial charge in [-0.3, -0.25) is 9.69 Å². The molecule has 0 N–H and O–H groups in total. The van der Waals surface area contributed by atoms with E-state index in [1.165, 1.54) is 19.3 Å². The molecule has 1 aromatic carbocycles. The molecule has 8 nitrogen and oxygen atoms in total. The van der Waals surface area contributed by atoms with Gasteiger partial charge in [0.2, 0.25) is 5.76 Å². The molecule has 2 heterocycles. The Hall–Kier alpha value is -2.87. The molecule has 2 aromatic rings. The SMILES string of the molecule is COCCCCOC(=O)c1cc2cc(CC(=O)[C@@H]3[C@H](C4CCCCC4)CCN3C(=O)OC(C)(C)C)ccc2o1. The van der Waals surface area contributed by atoms with Gasteiger partial charge in [0, 0.05) is 32.1 Å². The van der Waals surface area contributed by atoms with E-state index in [2.05, 4.69) is 0 Å². The maximum atomic E-state index is 13.8. The van der Waals surface area contributed by atoms with Crippen LogP contribution in [0.3, 0.4) is 0 Å². The lowest BCUT2D eigenvalue weighted by Crippen LogP contribution is -2.47. The number of esters is 1. The number of carbonyl (C=O) groups excluding carboxylic acids is 3. The van der Waals surface area contributed by atoms with Gasteiger partial charge < -0.3 is 18.6 Å². The standard InChI is InChI=1S/C31H43NO7/c1-31(2,3)39-30(35)32-15-14-24(22-10-6-5-7-11-22)28(32)25(33)19-21-12-13-26-23(18-21)20-27(38-26)29(34)37-17-9-8-16-36-4/h12-13,18,20,22,24,28H,5-11,14-17,19H2,1-4H3/t24-,28-/m0/s1. The zero-order valence-corrected chi connectivity index (χ0v) is 23.8. The molecule has 214 valence electrons. The van der Waals surface area contributed by atoms with Crippen LogP contribution in [-0.2, 0) is 25.4 Å². The highest BCUT2D eigenvalue weighted by molar-refractivity contribution is 5.94. The van der Waals surface area contributed by atoms with Gasteiger partial charge >= 0.3 is 12.1 Å². The van der Waals surface area contributed by atoms with Crippen LogP contribution in [0.4, 0.5) is 4.79 Å². The molecule has 1 aliphatic heterocycles. The molecule has 1 saturated carbocycles. The lowest BCUT2D eigenvalue weighted by atomic mass is 9.75. The van der Waals surface area contributed by atoms with E-state index in [0.717, 1.165) is 43.1 Å². The number of nitrogens with zero attached hydrogens (tertiary/aromatic N) is 1. The first-order valence-corrected chi connectivity index (χ1v) is 14.4. The Morgan fingerprint density at radius 2 is 1.74 bits per heavy atom. The molecule has 1 aromatic heterocycles. The average Bonchev–Trinajstić information content (AvgIpc) is 3.53. The largest absolute Gasteiger partial charge is 0.460 e. The zero-order chi connectivity index (χ0) is 28.0. The molecule has 4 rings (SSSR count). The van der Waals surface area contributed by atoms with Crippen molar-refractivity contribution in [3.8, 4) is 0 Å². The second-order valence-corrected chi connectivity index (χ2v) is 11.9. The van der Waals surface area contributed by atoms with Gasteiger partial charge in [0.25, 0.3) is 0 Å². The van der Waals surface area contributed by atoms with Gasteiger partial charge in [0.1, 0.15) is 11.2 Å². The Morgan fingerprint density at radius 1 is 1.00 bits per heavy atom. The second-order valence-electron chi connectivity index (χ2n) is 11.9. The van der Waals surface area contributed by atoms with Gasteiger partial charge in [-0.2, -0.15) is 0 Å². The van der Waals surface area contributed by atoms with Crippen molar-refractivity contribution in [1.82, 2.24) is 4.90 Å². The highest BCUT2D eigenvalue weighted by atomic mass is 16.6. The van der Waals surface area contributed by atoms with Gasteiger partial charge in [0.05, 0.1) is 12.6 Å². The topological polar surface area (TPSA) is 95.3 Å². The zero-order valence-electron chi connectivity index (χ0n) is 23.8. The smallest absolute Gasteiger partial charge is 0.410 e. The summed E-state index contributed by atoms with van der Waals surface area (Å²) in [6.07, 6.45) is 8.00. The van der Waals surface area contributed by atoms with Crippen molar-refractivity contribution in [1.29, 1.82) is 0 Å². The summed E-state index contributed by atoms with van der Waals surface area (Å²) in [7, 11) is 1.64. The third-order valence-electron chi connectivity index (χ3n) is 7.79. The van der Waals surface area contributed by atoms with E-state index in [1.807, 2.05) is 32.9 Å². The molecular formula is C31H43NO7. The van der Waals surface area contributed by atoms with E-state index < -0.39 is 23.7 Å². The van der Waals surface area contributed by atoms with Crippen LogP contribution in [0.5, 0.6) is 0 Å². The highest BCUT2D eigenvalue weighted by Crippen LogP contribution is 2.40. The Kier molecular flexibility index (Phi) is 9.70. The van der Waals surface area contributed by atoms with E-state index in [-0.39, 0.29) is 23.9 Å². The number of unbranched alkanes of at least 4 members (excludes halogenated alkanes) is 1. The summed E-state index contributed by atoms with van der Waals surface area (Å²) in [6.45, 7) is 7.02. The number of furan rings is 1. The fourth-order valence-corrected chi connectivity index (χ4v) is 6.00. The number of hydrogen-bond acceptors (Lipinski definition) is 7. The van der Waals surface area contributed by atoms with E-state index in [4.69, 9.17) is 18.6 Å². The summed E-state index contributed by atoms with van der Waals surface area (Å²) < 4.78 is 21.7. The molecule has 0 radical (unpaired) electrons. The van der Waals surface area contributed by atoms with Gasteiger partial charge in [-0.05, 0) is 75.6 Å². The minimum absolute atomic E-state index is 0.0347. The normalized spacial score (nSPS) is 20.4. The maximum absolute atomic E-state index is 13.8. The molecule has 2 fully saturated rings. The van der Waals surface area contributed by atoms with Crippen LogP contribution in [0.25, 0.3) is 11.0 Å². The summed E-state index contributed by atoms with van der Waals surface area (Å²) in [5, 5.41) is 0.742. The first-order valence-electron chi connectivity index (χ1n) is 14.4. The summed E-state index contributed by atoms with van der Waals surface area (Å²) in [5.41, 5.74) is 0.767.